The van der Waals surface area contributed by atoms with Crippen molar-refractivity contribution in [1.82, 2.24) is 15.5 Å². The van der Waals surface area contributed by atoms with Gasteiger partial charge in [-0.15, -0.1) is 17.5 Å². The van der Waals surface area contributed by atoms with Gasteiger partial charge >= 0.3 is 0 Å². The van der Waals surface area contributed by atoms with Crippen molar-refractivity contribution in [1.29, 1.82) is 5.26 Å². The van der Waals surface area contributed by atoms with E-state index in [1.54, 1.807) is 24.3 Å². The first-order valence-corrected chi connectivity index (χ1v) is 10.7. The van der Waals surface area contributed by atoms with Crippen LogP contribution in [0.3, 0.4) is 0 Å². The highest BCUT2D eigenvalue weighted by atomic mass is 35.5. The summed E-state index contributed by atoms with van der Waals surface area (Å²) in [5.41, 5.74) is 0.318. The first kappa shape index (κ1) is 23.3. The minimum absolute atomic E-state index is 0. The number of carbonyl (C=O) groups is 1. The Labute approximate surface area is 192 Å². The molecule has 2 aliphatic rings. The van der Waals surface area contributed by atoms with E-state index in [1.807, 2.05) is 12.1 Å². The van der Waals surface area contributed by atoms with Gasteiger partial charge in [-0.25, -0.2) is 0 Å². The Bertz CT molecular complexity index is 949. The first-order chi connectivity index (χ1) is 14.6. The summed E-state index contributed by atoms with van der Waals surface area (Å²) in [7, 11) is 0. The van der Waals surface area contributed by atoms with Gasteiger partial charge in [-0.1, -0.05) is 18.0 Å². The van der Waals surface area contributed by atoms with Crippen molar-refractivity contribution in [3.63, 3.8) is 0 Å². The Balaban J connectivity index is 0.00000272. The lowest BCUT2D eigenvalue weighted by Gasteiger charge is -2.36. The Hall–Kier alpha value is -2.40. The maximum atomic E-state index is 13.2. The number of hydrogen-bond acceptors (Lipinski definition) is 6. The fourth-order valence-corrected chi connectivity index (χ4v) is 4.35. The van der Waals surface area contributed by atoms with Crippen molar-refractivity contribution >= 4 is 35.7 Å². The molecule has 4 rings (SSSR count). The SMILES string of the molecule is Cl.N#Cc1ccc(OC2(C(=O)Nc3ccc(C4CCNC4)nn3)CCCCC2)cc1Cl. The van der Waals surface area contributed by atoms with Gasteiger partial charge in [-0.2, -0.15) is 10.4 Å². The Morgan fingerprint density at radius 2 is 2.03 bits per heavy atom. The van der Waals surface area contributed by atoms with Crippen LogP contribution in [0.15, 0.2) is 30.3 Å². The molecular formula is C22H25Cl2N5O2. The van der Waals surface area contributed by atoms with Gasteiger partial charge in [-0.3, -0.25) is 4.79 Å². The third-order valence-electron chi connectivity index (χ3n) is 5.85. The molecule has 1 saturated carbocycles. The van der Waals surface area contributed by atoms with Gasteiger partial charge in [0.1, 0.15) is 11.8 Å². The van der Waals surface area contributed by atoms with Crippen LogP contribution in [-0.4, -0.2) is 34.8 Å². The molecule has 2 fully saturated rings. The second-order valence-electron chi connectivity index (χ2n) is 7.90. The second-order valence-corrected chi connectivity index (χ2v) is 8.30. The first-order valence-electron chi connectivity index (χ1n) is 10.3. The summed E-state index contributed by atoms with van der Waals surface area (Å²) in [5.74, 6) is 1.04. The normalized spacial score (nSPS) is 19.7. The highest BCUT2D eigenvalue weighted by Crippen LogP contribution is 2.35. The molecule has 1 aliphatic carbocycles. The number of ether oxygens (including phenoxy) is 1. The molecule has 1 atom stereocenters. The van der Waals surface area contributed by atoms with Gasteiger partial charge in [0, 0.05) is 18.5 Å². The molecule has 1 aromatic carbocycles. The summed E-state index contributed by atoms with van der Waals surface area (Å²) in [6.45, 7) is 1.90. The minimum atomic E-state index is -0.995. The van der Waals surface area contributed by atoms with Crippen molar-refractivity contribution in [2.45, 2.75) is 50.0 Å². The van der Waals surface area contributed by atoms with Crippen LogP contribution >= 0.6 is 24.0 Å². The Kier molecular flexibility index (Phi) is 7.71. The summed E-state index contributed by atoms with van der Waals surface area (Å²) in [6, 6.07) is 10.6. The smallest absolute Gasteiger partial charge is 0.269 e. The number of aromatic nitrogens is 2. The summed E-state index contributed by atoms with van der Waals surface area (Å²) in [6.07, 6.45) is 5.12. The predicted octanol–water partition coefficient (Wildman–Crippen LogP) is 4.22. The molecule has 7 nitrogen and oxygen atoms in total. The molecule has 1 aromatic heterocycles. The highest BCUT2D eigenvalue weighted by Gasteiger charge is 2.42. The van der Waals surface area contributed by atoms with Crippen LogP contribution in [0.1, 0.15) is 55.7 Å². The van der Waals surface area contributed by atoms with Crippen molar-refractivity contribution in [3.05, 3.63) is 46.6 Å². The predicted molar refractivity (Wildman–Crippen MR) is 121 cm³/mol. The van der Waals surface area contributed by atoms with Gasteiger partial charge in [0.2, 0.25) is 0 Å². The fraction of sp³-hybridized carbons (Fsp3) is 0.455. The van der Waals surface area contributed by atoms with E-state index in [4.69, 9.17) is 21.6 Å². The molecule has 1 aliphatic heterocycles. The van der Waals surface area contributed by atoms with E-state index in [1.165, 1.54) is 0 Å². The zero-order valence-corrected chi connectivity index (χ0v) is 18.6. The lowest BCUT2D eigenvalue weighted by atomic mass is 9.83. The maximum absolute atomic E-state index is 13.2. The van der Waals surface area contributed by atoms with Crippen LogP contribution < -0.4 is 15.4 Å². The van der Waals surface area contributed by atoms with E-state index >= 15 is 0 Å². The summed E-state index contributed by atoms with van der Waals surface area (Å²) in [5, 5.41) is 24.1. The van der Waals surface area contributed by atoms with Crippen LogP contribution in [0.25, 0.3) is 0 Å². The lowest BCUT2D eigenvalue weighted by Crippen LogP contribution is -2.49. The molecule has 1 saturated heterocycles. The molecule has 2 heterocycles. The number of carbonyl (C=O) groups excluding carboxylic acids is 1. The van der Waals surface area contributed by atoms with Crippen molar-refractivity contribution < 1.29 is 9.53 Å². The summed E-state index contributed by atoms with van der Waals surface area (Å²) >= 11 is 6.14. The molecule has 0 radical (unpaired) electrons. The molecule has 0 spiro atoms. The quantitative estimate of drug-likeness (QED) is 0.690. The molecule has 2 aromatic rings. The number of nitrogens with one attached hydrogen (secondary N) is 2. The van der Waals surface area contributed by atoms with E-state index in [9.17, 15) is 4.79 Å². The van der Waals surface area contributed by atoms with Crippen LogP contribution in [0.5, 0.6) is 5.75 Å². The summed E-state index contributed by atoms with van der Waals surface area (Å²) < 4.78 is 6.20. The summed E-state index contributed by atoms with van der Waals surface area (Å²) in [4.78, 5) is 13.2. The van der Waals surface area contributed by atoms with Gasteiger partial charge in [0.25, 0.3) is 5.91 Å². The van der Waals surface area contributed by atoms with Gasteiger partial charge in [0.05, 0.1) is 16.3 Å². The topological polar surface area (TPSA) is 99.9 Å². The van der Waals surface area contributed by atoms with Crippen molar-refractivity contribution in [2.24, 2.45) is 0 Å². The average Bonchev–Trinajstić information content (AvgIpc) is 3.30. The zero-order chi connectivity index (χ0) is 21.0. The number of halogens is 2. The number of benzene rings is 1. The lowest BCUT2D eigenvalue weighted by molar-refractivity contribution is -0.134. The third-order valence-corrected chi connectivity index (χ3v) is 6.17. The number of nitriles is 1. The van der Waals surface area contributed by atoms with E-state index in [2.05, 4.69) is 20.8 Å². The molecule has 9 heteroatoms. The largest absolute Gasteiger partial charge is 0.477 e. The highest BCUT2D eigenvalue weighted by molar-refractivity contribution is 6.31. The van der Waals surface area contributed by atoms with Gasteiger partial charge in [0.15, 0.2) is 11.4 Å². The van der Waals surface area contributed by atoms with Crippen LogP contribution in [0, 0.1) is 11.3 Å². The van der Waals surface area contributed by atoms with Crippen molar-refractivity contribution in [3.8, 4) is 11.8 Å². The maximum Gasteiger partial charge on any atom is 0.269 e. The number of rotatable bonds is 5. The molecular weight excluding hydrogens is 437 g/mol. The van der Waals surface area contributed by atoms with Gasteiger partial charge in [-0.05, 0) is 62.9 Å². The monoisotopic (exact) mass is 461 g/mol. The minimum Gasteiger partial charge on any atom is -0.477 e. The number of nitrogens with zero attached hydrogens (tertiary/aromatic N) is 3. The average molecular weight is 462 g/mol. The zero-order valence-electron chi connectivity index (χ0n) is 17.1. The van der Waals surface area contributed by atoms with Crippen LogP contribution in [-0.2, 0) is 4.79 Å². The molecule has 1 amide bonds. The molecule has 31 heavy (non-hydrogen) atoms. The Morgan fingerprint density at radius 3 is 2.65 bits per heavy atom. The number of amides is 1. The molecule has 2 N–H and O–H groups in total. The third kappa shape index (κ3) is 5.27. The number of anilines is 1. The van der Waals surface area contributed by atoms with Crippen LogP contribution in [0.2, 0.25) is 5.02 Å². The van der Waals surface area contributed by atoms with Crippen molar-refractivity contribution in [2.75, 3.05) is 18.4 Å². The Morgan fingerprint density at radius 1 is 1.23 bits per heavy atom. The van der Waals surface area contributed by atoms with E-state index in [0.29, 0.717) is 40.9 Å². The van der Waals surface area contributed by atoms with Gasteiger partial charge < -0.3 is 15.4 Å². The van der Waals surface area contributed by atoms with E-state index < -0.39 is 5.60 Å². The molecule has 164 valence electrons. The van der Waals surface area contributed by atoms with E-state index in [-0.39, 0.29) is 18.3 Å². The number of hydrogen-bond donors (Lipinski definition) is 2. The molecule has 0 bridgehead atoms. The standard InChI is InChI=1S/C22H24ClN5O2.ClH/c23-18-12-17(5-4-15(18)13-24)30-22(9-2-1-3-10-22)21(29)26-20-7-6-19(27-28-20)16-8-11-25-14-16;/h4-7,12,16,25H,1-3,8-11,14H2,(H,26,28,29);1H. The second kappa shape index (κ2) is 10.3. The fourth-order valence-electron chi connectivity index (χ4n) is 4.14. The van der Waals surface area contributed by atoms with Crippen LogP contribution in [0.4, 0.5) is 5.82 Å². The van der Waals surface area contributed by atoms with E-state index in [0.717, 1.165) is 44.5 Å². The molecule has 1 unspecified atom stereocenters.